The highest BCUT2D eigenvalue weighted by Crippen LogP contribution is 2.23. The summed E-state index contributed by atoms with van der Waals surface area (Å²) in [6.45, 7) is 3.78. The SMILES string of the molecule is CNC(CCN1CCC(CCO)C1)c1cccc(Br)c1. The van der Waals surface area contributed by atoms with Crippen LogP contribution in [0.3, 0.4) is 0 Å². The van der Waals surface area contributed by atoms with Crippen molar-refractivity contribution in [2.24, 2.45) is 5.92 Å². The van der Waals surface area contributed by atoms with Crippen molar-refractivity contribution >= 4 is 15.9 Å². The molecule has 0 bridgehead atoms. The molecule has 1 aliphatic rings. The lowest BCUT2D eigenvalue weighted by Crippen LogP contribution is -2.27. The van der Waals surface area contributed by atoms with Gasteiger partial charge in [-0.05, 0) is 63.0 Å². The molecule has 2 atom stereocenters. The molecule has 2 unspecified atom stereocenters. The number of aliphatic hydroxyl groups is 1. The number of hydrogen-bond acceptors (Lipinski definition) is 3. The first kappa shape index (κ1) is 16.0. The molecular weight excluding hydrogens is 316 g/mol. The molecule has 1 aliphatic heterocycles. The maximum Gasteiger partial charge on any atom is 0.0434 e. The fraction of sp³-hybridized carbons (Fsp3) is 0.625. The zero-order valence-corrected chi connectivity index (χ0v) is 13.8. The van der Waals surface area contributed by atoms with Crippen LogP contribution in [0, 0.1) is 5.92 Å². The van der Waals surface area contributed by atoms with Crippen molar-refractivity contribution in [1.82, 2.24) is 10.2 Å². The van der Waals surface area contributed by atoms with E-state index in [0.717, 1.165) is 30.4 Å². The van der Waals surface area contributed by atoms with Crippen molar-refractivity contribution in [3.05, 3.63) is 34.3 Å². The first-order chi connectivity index (χ1) is 9.72. The molecule has 0 amide bonds. The standard InChI is InChI=1S/C16H25BrN2O/c1-18-16(14-3-2-4-15(17)11-14)6-9-19-8-5-13(12-19)7-10-20/h2-4,11,13,16,18,20H,5-10,12H2,1H3. The summed E-state index contributed by atoms with van der Waals surface area (Å²) in [7, 11) is 2.03. The van der Waals surface area contributed by atoms with E-state index in [1.54, 1.807) is 0 Å². The minimum atomic E-state index is 0.329. The highest BCUT2D eigenvalue weighted by Gasteiger charge is 2.22. The number of hydrogen-bond donors (Lipinski definition) is 2. The highest BCUT2D eigenvalue weighted by atomic mass is 79.9. The predicted molar refractivity (Wildman–Crippen MR) is 86.8 cm³/mol. The second-order valence-corrected chi connectivity index (χ2v) is 6.57. The molecule has 0 spiro atoms. The number of benzene rings is 1. The Kier molecular flexibility index (Phi) is 6.49. The van der Waals surface area contributed by atoms with E-state index in [-0.39, 0.29) is 0 Å². The van der Waals surface area contributed by atoms with E-state index in [2.05, 4.69) is 50.4 Å². The maximum absolute atomic E-state index is 9.01. The lowest BCUT2D eigenvalue weighted by molar-refractivity contribution is 0.248. The monoisotopic (exact) mass is 340 g/mol. The lowest BCUT2D eigenvalue weighted by atomic mass is 10.0. The smallest absolute Gasteiger partial charge is 0.0434 e. The number of likely N-dealkylation sites (tertiary alicyclic amines) is 1. The van der Waals surface area contributed by atoms with Gasteiger partial charge in [-0.25, -0.2) is 0 Å². The van der Waals surface area contributed by atoms with E-state index in [1.807, 2.05) is 7.05 Å². The second kappa shape index (κ2) is 8.13. The molecule has 1 aromatic rings. The Bertz CT molecular complexity index is 413. The van der Waals surface area contributed by atoms with Gasteiger partial charge >= 0.3 is 0 Å². The molecule has 0 radical (unpaired) electrons. The number of rotatable bonds is 7. The summed E-state index contributed by atoms with van der Waals surface area (Å²) in [6.07, 6.45) is 3.32. The summed E-state index contributed by atoms with van der Waals surface area (Å²) in [6, 6.07) is 8.95. The number of halogens is 1. The Morgan fingerprint density at radius 1 is 1.50 bits per heavy atom. The average Bonchev–Trinajstić information content (AvgIpc) is 2.88. The van der Waals surface area contributed by atoms with E-state index in [0.29, 0.717) is 18.6 Å². The van der Waals surface area contributed by atoms with Gasteiger partial charge in [0.15, 0.2) is 0 Å². The molecule has 112 valence electrons. The fourth-order valence-corrected chi connectivity index (χ4v) is 3.46. The largest absolute Gasteiger partial charge is 0.396 e. The van der Waals surface area contributed by atoms with E-state index < -0.39 is 0 Å². The van der Waals surface area contributed by atoms with Crippen molar-refractivity contribution in [3.63, 3.8) is 0 Å². The lowest BCUT2D eigenvalue weighted by Gasteiger charge is -2.21. The molecule has 3 nitrogen and oxygen atoms in total. The molecule has 2 N–H and O–H groups in total. The van der Waals surface area contributed by atoms with Gasteiger partial charge in [-0.2, -0.15) is 0 Å². The van der Waals surface area contributed by atoms with Crippen LogP contribution in [0.1, 0.15) is 30.9 Å². The van der Waals surface area contributed by atoms with E-state index in [4.69, 9.17) is 5.11 Å². The van der Waals surface area contributed by atoms with Gasteiger partial charge in [0.1, 0.15) is 0 Å². The Labute approximate surface area is 130 Å². The van der Waals surface area contributed by atoms with Gasteiger partial charge < -0.3 is 15.3 Å². The van der Waals surface area contributed by atoms with E-state index >= 15 is 0 Å². The maximum atomic E-state index is 9.01. The first-order valence-corrected chi connectivity index (χ1v) is 8.28. The molecule has 0 saturated carbocycles. The van der Waals surface area contributed by atoms with Gasteiger partial charge in [0.05, 0.1) is 0 Å². The Morgan fingerprint density at radius 2 is 2.35 bits per heavy atom. The summed E-state index contributed by atoms with van der Waals surface area (Å²) in [4.78, 5) is 2.53. The van der Waals surface area contributed by atoms with Crippen LogP contribution in [0.25, 0.3) is 0 Å². The quantitative estimate of drug-likeness (QED) is 0.801. The van der Waals surface area contributed by atoms with Gasteiger partial charge in [-0.15, -0.1) is 0 Å². The number of nitrogens with one attached hydrogen (secondary N) is 1. The van der Waals surface area contributed by atoms with Crippen LogP contribution in [0.2, 0.25) is 0 Å². The van der Waals surface area contributed by atoms with Crippen molar-refractivity contribution < 1.29 is 5.11 Å². The zero-order valence-electron chi connectivity index (χ0n) is 12.2. The second-order valence-electron chi connectivity index (χ2n) is 5.65. The minimum absolute atomic E-state index is 0.329. The molecular formula is C16H25BrN2O. The first-order valence-electron chi connectivity index (χ1n) is 7.49. The number of aliphatic hydroxyl groups excluding tert-OH is 1. The zero-order chi connectivity index (χ0) is 14.4. The third-order valence-corrected chi connectivity index (χ3v) is 4.73. The van der Waals surface area contributed by atoms with Crippen LogP contribution < -0.4 is 5.32 Å². The predicted octanol–water partition coefficient (Wildman–Crippen LogP) is 2.80. The van der Waals surface area contributed by atoms with E-state index in [9.17, 15) is 0 Å². The molecule has 4 heteroatoms. The Balaban J connectivity index is 1.83. The molecule has 1 saturated heterocycles. The van der Waals surface area contributed by atoms with Crippen molar-refractivity contribution in [3.8, 4) is 0 Å². The van der Waals surface area contributed by atoms with Crippen LogP contribution in [-0.2, 0) is 0 Å². The van der Waals surface area contributed by atoms with Crippen LogP contribution in [0.15, 0.2) is 28.7 Å². The van der Waals surface area contributed by atoms with E-state index in [1.165, 1.54) is 18.5 Å². The van der Waals surface area contributed by atoms with Gasteiger partial charge in [-0.3, -0.25) is 0 Å². The molecule has 0 aliphatic carbocycles. The van der Waals surface area contributed by atoms with Gasteiger partial charge in [0, 0.05) is 23.7 Å². The van der Waals surface area contributed by atoms with Crippen LogP contribution >= 0.6 is 15.9 Å². The normalized spacial score (nSPS) is 21.2. The molecule has 20 heavy (non-hydrogen) atoms. The van der Waals surface area contributed by atoms with Crippen molar-refractivity contribution in [1.29, 1.82) is 0 Å². The van der Waals surface area contributed by atoms with Gasteiger partial charge in [0.25, 0.3) is 0 Å². The summed E-state index contributed by atoms with van der Waals surface area (Å²) in [5.74, 6) is 0.693. The molecule has 1 fully saturated rings. The van der Waals surface area contributed by atoms with Crippen molar-refractivity contribution in [2.75, 3.05) is 33.3 Å². The third kappa shape index (κ3) is 4.55. The van der Waals surface area contributed by atoms with Gasteiger partial charge in [-0.1, -0.05) is 28.1 Å². The molecule has 0 aromatic heterocycles. The van der Waals surface area contributed by atoms with Crippen LogP contribution in [0.5, 0.6) is 0 Å². The van der Waals surface area contributed by atoms with Crippen LogP contribution in [-0.4, -0.2) is 43.3 Å². The topological polar surface area (TPSA) is 35.5 Å². The number of nitrogens with zero attached hydrogens (tertiary/aromatic N) is 1. The fourth-order valence-electron chi connectivity index (χ4n) is 3.05. The Hall–Kier alpha value is -0.420. The minimum Gasteiger partial charge on any atom is -0.396 e. The average molecular weight is 341 g/mol. The Morgan fingerprint density at radius 3 is 3.05 bits per heavy atom. The van der Waals surface area contributed by atoms with Crippen LogP contribution in [0.4, 0.5) is 0 Å². The van der Waals surface area contributed by atoms with Gasteiger partial charge in [0.2, 0.25) is 0 Å². The summed E-state index contributed by atoms with van der Waals surface area (Å²) in [5, 5.41) is 12.4. The molecule has 2 rings (SSSR count). The summed E-state index contributed by atoms with van der Waals surface area (Å²) in [5.41, 5.74) is 1.34. The molecule has 1 aromatic carbocycles. The third-order valence-electron chi connectivity index (χ3n) is 4.24. The molecule has 1 heterocycles. The highest BCUT2D eigenvalue weighted by molar-refractivity contribution is 9.10. The van der Waals surface area contributed by atoms with Crippen molar-refractivity contribution in [2.45, 2.75) is 25.3 Å². The summed E-state index contributed by atoms with van der Waals surface area (Å²) >= 11 is 3.54. The summed E-state index contributed by atoms with van der Waals surface area (Å²) < 4.78 is 1.14.